The van der Waals surface area contributed by atoms with Gasteiger partial charge in [-0.3, -0.25) is 4.90 Å². The average molecular weight is 300 g/mol. The van der Waals surface area contributed by atoms with Crippen LogP contribution in [0.15, 0.2) is 0 Å². The Labute approximate surface area is 129 Å². The Hall–Kier alpha value is 0.210. The van der Waals surface area contributed by atoms with Crippen molar-refractivity contribution in [2.45, 2.75) is 88.4 Å². The number of nitrogens with zero attached hydrogens (tertiary/aromatic N) is 1. The van der Waals surface area contributed by atoms with Crippen molar-refractivity contribution in [2.24, 2.45) is 0 Å². The van der Waals surface area contributed by atoms with Gasteiger partial charge in [-0.05, 0) is 38.5 Å². The van der Waals surface area contributed by atoms with Crippen molar-refractivity contribution in [3.63, 3.8) is 0 Å². The van der Waals surface area contributed by atoms with E-state index >= 15 is 0 Å². The molecule has 1 spiro atoms. The lowest BCUT2D eigenvalue weighted by atomic mass is 9.83. The van der Waals surface area contributed by atoms with Gasteiger partial charge in [-0.25, -0.2) is 0 Å². The zero-order chi connectivity index (χ0) is 13.8. The van der Waals surface area contributed by atoms with E-state index in [2.05, 4.69) is 4.90 Å². The minimum absolute atomic E-state index is 0.269. The van der Waals surface area contributed by atoms with E-state index in [1.807, 2.05) is 0 Å². The molecule has 3 aliphatic rings. The minimum Gasteiger partial charge on any atom is -0.370 e. The summed E-state index contributed by atoms with van der Waals surface area (Å²) in [7, 11) is 0. The maximum absolute atomic E-state index is 6.54. The standard InChI is InChI=1S/C17H30ClNO/c18-12-13-19(15-6-2-3-7-15)14-16-8-11-17(20-16)9-4-1-5-10-17/h15-16H,1-14H2. The Morgan fingerprint density at radius 3 is 2.40 bits per heavy atom. The van der Waals surface area contributed by atoms with E-state index in [9.17, 15) is 0 Å². The quantitative estimate of drug-likeness (QED) is 0.700. The molecular weight excluding hydrogens is 270 g/mol. The van der Waals surface area contributed by atoms with Gasteiger partial charge in [-0.2, -0.15) is 0 Å². The van der Waals surface area contributed by atoms with Gasteiger partial charge in [0.25, 0.3) is 0 Å². The topological polar surface area (TPSA) is 12.5 Å². The van der Waals surface area contributed by atoms with Crippen LogP contribution in [-0.2, 0) is 4.74 Å². The smallest absolute Gasteiger partial charge is 0.0710 e. The fraction of sp³-hybridized carbons (Fsp3) is 1.00. The Morgan fingerprint density at radius 1 is 0.950 bits per heavy atom. The van der Waals surface area contributed by atoms with Crippen LogP contribution in [0.1, 0.15) is 70.6 Å². The molecule has 0 aromatic carbocycles. The number of alkyl halides is 1. The van der Waals surface area contributed by atoms with E-state index in [0.717, 1.165) is 25.0 Å². The van der Waals surface area contributed by atoms with E-state index in [4.69, 9.17) is 16.3 Å². The second kappa shape index (κ2) is 6.98. The second-order valence-corrected chi connectivity index (χ2v) is 7.52. The molecule has 0 amide bonds. The summed E-state index contributed by atoms with van der Waals surface area (Å²) in [6.45, 7) is 2.16. The predicted octanol–water partition coefficient (Wildman–Crippen LogP) is 4.35. The van der Waals surface area contributed by atoms with Gasteiger partial charge >= 0.3 is 0 Å². The highest BCUT2D eigenvalue weighted by Gasteiger charge is 2.41. The monoisotopic (exact) mass is 299 g/mol. The lowest BCUT2D eigenvalue weighted by molar-refractivity contribution is -0.0741. The van der Waals surface area contributed by atoms with Crippen LogP contribution in [0, 0.1) is 0 Å². The Bertz CT molecular complexity index is 297. The highest BCUT2D eigenvalue weighted by Crippen LogP contribution is 2.42. The van der Waals surface area contributed by atoms with Gasteiger partial charge in [0.1, 0.15) is 0 Å². The number of ether oxygens (including phenoxy) is 1. The van der Waals surface area contributed by atoms with E-state index in [1.165, 1.54) is 70.6 Å². The first-order chi connectivity index (χ1) is 9.81. The lowest BCUT2D eigenvalue weighted by Crippen LogP contribution is -2.41. The lowest BCUT2D eigenvalue weighted by Gasteiger charge is -2.35. The largest absolute Gasteiger partial charge is 0.370 e. The van der Waals surface area contributed by atoms with Crippen molar-refractivity contribution < 1.29 is 4.74 Å². The first kappa shape index (κ1) is 15.1. The Kier molecular flexibility index (Phi) is 5.28. The van der Waals surface area contributed by atoms with Crippen LogP contribution in [0.5, 0.6) is 0 Å². The third kappa shape index (κ3) is 3.51. The van der Waals surface area contributed by atoms with Gasteiger partial charge in [0.2, 0.25) is 0 Å². The number of hydrogen-bond donors (Lipinski definition) is 0. The summed E-state index contributed by atoms with van der Waals surface area (Å²) in [5.74, 6) is 0.758. The summed E-state index contributed by atoms with van der Waals surface area (Å²) in [6, 6.07) is 0.778. The molecule has 2 saturated carbocycles. The van der Waals surface area contributed by atoms with Crippen LogP contribution in [0.25, 0.3) is 0 Å². The summed E-state index contributed by atoms with van der Waals surface area (Å²) in [5.41, 5.74) is 0.269. The number of halogens is 1. The average Bonchev–Trinajstić information content (AvgIpc) is 3.10. The van der Waals surface area contributed by atoms with Crippen molar-refractivity contribution in [1.29, 1.82) is 0 Å². The van der Waals surface area contributed by atoms with Gasteiger partial charge in [0.05, 0.1) is 11.7 Å². The third-order valence-corrected chi connectivity index (χ3v) is 5.92. The Morgan fingerprint density at radius 2 is 1.70 bits per heavy atom. The third-order valence-electron chi connectivity index (χ3n) is 5.75. The fourth-order valence-electron chi connectivity index (χ4n) is 4.65. The molecule has 116 valence electrons. The first-order valence-electron chi connectivity index (χ1n) is 8.79. The summed E-state index contributed by atoms with van der Waals surface area (Å²) < 4.78 is 6.54. The Balaban J connectivity index is 1.53. The predicted molar refractivity (Wildman–Crippen MR) is 84.5 cm³/mol. The molecule has 20 heavy (non-hydrogen) atoms. The molecule has 3 fully saturated rings. The molecule has 1 aliphatic heterocycles. The summed E-state index contributed by atoms with van der Waals surface area (Å²) >= 11 is 6.02. The summed E-state index contributed by atoms with van der Waals surface area (Å²) in [5, 5.41) is 0. The normalized spacial score (nSPS) is 30.6. The van der Waals surface area contributed by atoms with Crippen molar-refractivity contribution in [2.75, 3.05) is 19.0 Å². The summed E-state index contributed by atoms with van der Waals surface area (Å²) in [4.78, 5) is 2.63. The van der Waals surface area contributed by atoms with Gasteiger partial charge < -0.3 is 4.74 Å². The minimum atomic E-state index is 0.269. The second-order valence-electron chi connectivity index (χ2n) is 7.14. The van der Waals surface area contributed by atoms with Gasteiger partial charge in [-0.1, -0.05) is 32.1 Å². The molecule has 0 aromatic heterocycles. The molecule has 0 N–H and O–H groups in total. The molecule has 3 heteroatoms. The molecule has 0 aromatic rings. The molecule has 2 aliphatic carbocycles. The molecule has 1 atom stereocenters. The van der Waals surface area contributed by atoms with Crippen LogP contribution in [0.3, 0.4) is 0 Å². The summed E-state index contributed by atoms with van der Waals surface area (Å²) in [6.07, 6.45) is 15.4. The van der Waals surface area contributed by atoms with E-state index in [-0.39, 0.29) is 5.60 Å². The molecule has 2 nitrogen and oxygen atoms in total. The highest BCUT2D eigenvalue weighted by molar-refractivity contribution is 6.18. The molecule has 0 bridgehead atoms. The first-order valence-corrected chi connectivity index (χ1v) is 9.33. The zero-order valence-corrected chi connectivity index (χ0v) is 13.5. The van der Waals surface area contributed by atoms with Crippen molar-refractivity contribution >= 4 is 11.6 Å². The molecule has 1 saturated heterocycles. The molecule has 0 radical (unpaired) electrons. The molecule has 3 rings (SSSR count). The van der Waals surface area contributed by atoms with Crippen LogP contribution >= 0.6 is 11.6 Å². The number of hydrogen-bond acceptors (Lipinski definition) is 2. The van der Waals surface area contributed by atoms with E-state index < -0.39 is 0 Å². The SMILES string of the molecule is ClCCN(CC1CCC2(CCCCC2)O1)C1CCCC1. The van der Waals surface area contributed by atoms with E-state index in [1.54, 1.807) is 0 Å². The van der Waals surface area contributed by atoms with Crippen LogP contribution in [0.4, 0.5) is 0 Å². The van der Waals surface area contributed by atoms with Crippen LogP contribution in [-0.4, -0.2) is 41.6 Å². The van der Waals surface area contributed by atoms with Crippen molar-refractivity contribution in [1.82, 2.24) is 4.90 Å². The van der Waals surface area contributed by atoms with Crippen LogP contribution in [0.2, 0.25) is 0 Å². The molecular formula is C17H30ClNO. The van der Waals surface area contributed by atoms with Crippen molar-refractivity contribution in [3.05, 3.63) is 0 Å². The maximum atomic E-state index is 6.54. The van der Waals surface area contributed by atoms with Crippen molar-refractivity contribution in [3.8, 4) is 0 Å². The molecule has 1 heterocycles. The highest BCUT2D eigenvalue weighted by atomic mass is 35.5. The van der Waals surface area contributed by atoms with Gasteiger partial charge in [0.15, 0.2) is 0 Å². The van der Waals surface area contributed by atoms with Crippen LogP contribution < -0.4 is 0 Å². The van der Waals surface area contributed by atoms with Gasteiger partial charge in [-0.15, -0.1) is 11.6 Å². The number of rotatable bonds is 5. The fourth-order valence-corrected chi connectivity index (χ4v) is 4.87. The molecule has 1 unspecified atom stereocenters. The zero-order valence-electron chi connectivity index (χ0n) is 12.8. The maximum Gasteiger partial charge on any atom is 0.0710 e. The van der Waals surface area contributed by atoms with Gasteiger partial charge in [0, 0.05) is 25.0 Å². The van der Waals surface area contributed by atoms with E-state index in [0.29, 0.717) is 6.10 Å².